The molecule has 0 aromatic carbocycles. The van der Waals surface area contributed by atoms with Gasteiger partial charge in [-0.15, -0.1) is 16.4 Å². The molecule has 1 aliphatic rings. The van der Waals surface area contributed by atoms with E-state index in [4.69, 9.17) is 0 Å². The fraction of sp³-hybridized carbons (Fsp3) is 0.529. The summed E-state index contributed by atoms with van der Waals surface area (Å²) in [4.78, 5) is 17.9. The lowest BCUT2D eigenvalue weighted by atomic mass is 10.1. The van der Waals surface area contributed by atoms with Crippen LogP contribution in [-0.2, 0) is 17.6 Å². The maximum Gasteiger partial charge on any atom is 0.235 e. The second-order valence-electron chi connectivity index (χ2n) is 6.38. The number of hydrogen-bond donors (Lipinski definition) is 2. The number of carbonyl (C=O) groups excluding carboxylic acids is 1. The molecule has 0 aliphatic heterocycles. The predicted octanol–water partition coefficient (Wildman–Crippen LogP) is 3.86. The molecule has 25 heavy (non-hydrogen) atoms. The monoisotopic (exact) mass is 375 g/mol. The first kappa shape index (κ1) is 18.0. The molecule has 2 aromatic heterocycles. The topological polar surface area (TPSA) is 94.5 Å². The van der Waals surface area contributed by atoms with Gasteiger partial charge in [0.25, 0.3) is 0 Å². The molecule has 8 heteroatoms. The second-order valence-corrected chi connectivity index (χ2v) is 8.42. The number of thioether (sulfide) groups is 1. The molecule has 0 spiro atoms. The first-order valence-electron chi connectivity index (χ1n) is 8.48. The minimum absolute atomic E-state index is 0.131. The van der Waals surface area contributed by atoms with Crippen molar-refractivity contribution in [2.75, 3.05) is 11.1 Å². The molecule has 0 saturated carbocycles. The summed E-state index contributed by atoms with van der Waals surface area (Å²) < 4.78 is 0. The smallest absolute Gasteiger partial charge is 0.235 e. The lowest BCUT2D eigenvalue weighted by Crippen LogP contribution is -2.14. The van der Waals surface area contributed by atoms with Gasteiger partial charge in [0.1, 0.15) is 16.9 Å². The fourth-order valence-corrected chi connectivity index (χ4v) is 4.68. The molecule has 132 valence electrons. The number of amides is 1. The lowest BCUT2D eigenvalue weighted by molar-refractivity contribution is -0.113. The van der Waals surface area contributed by atoms with Crippen molar-refractivity contribution in [1.29, 1.82) is 5.26 Å². The fourth-order valence-electron chi connectivity index (χ4n) is 2.82. The van der Waals surface area contributed by atoms with Crippen molar-refractivity contribution in [1.82, 2.24) is 15.2 Å². The van der Waals surface area contributed by atoms with E-state index < -0.39 is 0 Å². The van der Waals surface area contributed by atoms with Crippen LogP contribution in [0.1, 0.15) is 60.9 Å². The molecule has 2 aromatic rings. The maximum absolute atomic E-state index is 12.3. The van der Waals surface area contributed by atoms with Crippen LogP contribution < -0.4 is 5.32 Å². The van der Waals surface area contributed by atoms with Crippen LogP contribution in [-0.4, -0.2) is 26.8 Å². The number of thiophene rings is 1. The Balaban J connectivity index is 1.64. The molecule has 0 bridgehead atoms. The van der Waals surface area contributed by atoms with Crippen LogP contribution in [0.3, 0.4) is 0 Å². The maximum atomic E-state index is 12.3. The number of carbonyl (C=O) groups is 1. The van der Waals surface area contributed by atoms with E-state index in [1.807, 2.05) is 13.8 Å². The van der Waals surface area contributed by atoms with Gasteiger partial charge in [-0.25, -0.2) is 4.98 Å². The molecule has 0 fully saturated rings. The van der Waals surface area contributed by atoms with Crippen LogP contribution in [0.15, 0.2) is 5.16 Å². The summed E-state index contributed by atoms with van der Waals surface area (Å²) >= 11 is 2.85. The first-order valence-corrected chi connectivity index (χ1v) is 10.3. The first-order chi connectivity index (χ1) is 12.1. The summed E-state index contributed by atoms with van der Waals surface area (Å²) in [5.41, 5.74) is 1.80. The van der Waals surface area contributed by atoms with Gasteiger partial charge in [0.15, 0.2) is 0 Å². The molecule has 6 nitrogen and oxygen atoms in total. The van der Waals surface area contributed by atoms with Gasteiger partial charge in [-0.2, -0.15) is 5.26 Å². The molecular weight excluding hydrogens is 354 g/mol. The van der Waals surface area contributed by atoms with Gasteiger partial charge in [-0.3, -0.25) is 9.89 Å². The largest absolute Gasteiger partial charge is 0.316 e. The quantitative estimate of drug-likeness (QED) is 0.611. The molecule has 0 radical (unpaired) electrons. The van der Waals surface area contributed by atoms with Gasteiger partial charge in [-0.1, -0.05) is 32.0 Å². The minimum Gasteiger partial charge on any atom is -0.316 e. The van der Waals surface area contributed by atoms with Gasteiger partial charge in [0, 0.05) is 10.8 Å². The molecule has 1 aliphatic carbocycles. The average Bonchev–Trinajstić information content (AvgIpc) is 3.11. The number of nitriles is 1. The van der Waals surface area contributed by atoms with E-state index >= 15 is 0 Å². The second kappa shape index (κ2) is 8.02. The number of aromatic nitrogens is 3. The molecule has 0 saturated heterocycles. The van der Waals surface area contributed by atoms with E-state index in [2.05, 4.69) is 26.6 Å². The zero-order chi connectivity index (χ0) is 17.8. The summed E-state index contributed by atoms with van der Waals surface area (Å²) in [6.07, 6.45) is 5.43. The Kier molecular flexibility index (Phi) is 5.76. The number of aromatic amines is 1. The third-order valence-electron chi connectivity index (χ3n) is 4.15. The molecule has 2 heterocycles. The highest BCUT2D eigenvalue weighted by atomic mass is 32.2. The Morgan fingerprint density at radius 1 is 1.40 bits per heavy atom. The predicted molar refractivity (Wildman–Crippen MR) is 100 cm³/mol. The summed E-state index contributed by atoms with van der Waals surface area (Å²) in [6, 6.07) is 2.29. The van der Waals surface area contributed by atoms with Crippen LogP contribution in [0.25, 0.3) is 0 Å². The van der Waals surface area contributed by atoms with Gasteiger partial charge in [-0.05, 0) is 31.2 Å². The highest BCUT2D eigenvalue weighted by Crippen LogP contribution is 2.37. The van der Waals surface area contributed by atoms with Crippen LogP contribution in [0, 0.1) is 11.3 Å². The lowest BCUT2D eigenvalue weighted by Gasteiger charge is -2.03. The number of hydrogen-bond acceptors (Lipinski definition) is 6. The zero-order valence-electron chi connectivity index (χ0n) is 14.4. The third kappa shape index (κ3) is 4.22. The van der Waals surface area contributed by atoms with Crippen LogP contribution in [0.5, 0.6) is 0 Å². The highest BCUT2D eigenvalue weighted by Gasteiger charge is 2.21. The Morgan fingerprint density at radius 3 is 2.92 bits per heavy atom. The van der Waals surface area contributed by atoms with E-state index in [-0.39, 0.29) is 17.6 Å². The normalized spacial score (nSPS) is 14.0. The molecular formula is C17H21N5OS2. The summed E-state index contributed by atoms with van der Waals surface area (Å²) in [7, 11) is 0. The van der Waals surface area contributed by atoms with Gasteiger partial charge in [0.05, 0.1) is 11.3 Å². The van der Waals surface area contributed by atoms with E-state index in [1.54, 1.807) is 11.3 Å². The number of nitrogens with zero attached hydrogens (tertiary/aromatic N) is 3. The zero-order valence-corrected chi connectivity index (χ0v) is 16.0. The Hall–Kier alpha value is -1.85. The number of aryl methyl sites for hydroxylation is 1. The number of nitrogens with one attached hydrogen (secondary N) is 2. The Labute approximate surface area is 155 Å². The van der Waals surface area contributed by atoms with Crippen molar-refractivity contribution in [2.45, 2.75) is 57.0 Å². The van der Waals surface area contributed by atoms with Crippen molar-refractivity contribution in [2.24, 2.45) is 0 Å². The standard InChI is InChI=1S/C17H21N5OS2/c1-10(2)15-20-17(22-21-15)24-9-14(23)19-16-12(8-18)11-6-4-3-5-7-13(11)25-16/h10H,3-7,9H2,1-2H3,(H,19,23)(H,20,21,22). The number of rotatable bonds is 5. The van der Waals surface area contributed by atoms with Crippen molar-refractivity contribution in [3.8, 4) is 6.07 Å². The van der Waals surface area contributed by atoms with Crippen LogP contribution in [0.4, 0.5) is 5.00 Å². The van der Waals surface area contributed by atoms with E-state index in [0.29, 0.717) is 15.7 Å². The van der Waals surface area contributed by atoms with Crippen LogP contribution >= 0.6 is 23.1 Å². The van der Waals surface area contributed by atoms with Gasteiger partial charge >= 0.3 is 0 Å². The summed E-state index contributed by atoms with van der Waals surface area (Å²) in [5.74, 6) is 1.18. The van der Waals surface area contributed by atoms with Gasteiger partial charge in [0.2, 0.25) is 11.1 Å². The van der Waals surface area contributed by atoms with Crippen LogP contribution in [0.2, 0.25) is 0 Å². The number of fused-ring (bicyclic) bond motifs is 1. The summed E-state index contributed by atoms with van der Waals surface area (Å²) in [5, 5.41) is 20.7. The van der Waals surface area contributed by atoms with Crippen molar-refractivity contribution >= 4 is 34.0 Å². The molecule has 1 amide bonds. The average molecular weight is 376 g/mol. The third-order valence-corrected chi connectivity index (χ3v) is 6.20. The SMILES string of the molecule is CC(C)c1nc(SCC(=O)Nc2sc3c(c2C#N)CCCCC3)n[nH]1. The van der Waals surface area contributed by atoms with Crippen molar-refractivity contribution in [3.05, 3.63) is 21.8 Å². The van der Waals surface area contributed by atoms with E-state index in [1.165, 1.54) is 23.1 Å². The van der Waals surface area contributed by atoms with Crippen molar-refractivity contribution in [3.63, 3.8) is 0 Å². The molecule has 0 atom stereocenters. The van der Waals surface area contributed by atoms with E-state index in [0.717, 1.165) is 37.1 Å². The minimum atomic E-state index is -0.131. The molecule has 0 unspecified atom stereocenters. The van der Waals surface area contributed by atoms with Gasteiger partial charge < -0.3 is 5.32 Å². The highest BCUT2D eigenvalue weighted by molar-refractivity contribution is 7.99. The Morgan fingerprint density at radius 2 is 2.20 bits per heavy atom. The number of H-pyrrole nitrogens is 1. The van der Waals surface area contributed by atoms with Crippen molar-refractivity contribution < 1.29 is 4.79 Å². The summed E-state index contributed by atoms with van der Waals surface area (Å²) in [6.45, 7) is 4.07. The van der Waals surface area contributed by atoms with E-state index in [9.17, 15) is 10.1 Å². The Bertz CT molecular complexity index is 803. The number of anilines is 1. The molecule has 2 N–H and O–H groups in total. The molecule has 3 rings (SSSR count).